The molecule has 1 heterocycles. The van der Waals surface area contributed by atoms with Gasteiger partial charge >= 0.3 is 0 Å². The zero-order valence-electron chi connectivity index (χ0n) is 10.6. The summed E-state index contributed by atoms with van der Waals surface area (Å²) >= 11 is 1.68. The maximum absolute atomic E-state index is 5.78. The summed E-state index contributed by atoms with van der Waals surface area (Å²) < 4.78 is 5.19. The minimum Gasteiger partial charge on any atom is -0.399 e. The van der Waals surface area contributed by atoms with Gasteiger partial charge in [0.1, 0.15) is 0 Å². The first-order chi connectivity index (χ1) is 8.69. The van der Waals surface area contributed by atoms with Crippen molar-refractivity contribution in [2.45, 2.75) is 37.3 Å². The normalized spacial score (nSPS) is 10.8. The Kier molecular flexibility index (Phi) is 4.25. The molecular formula is C13H17N3OS. The average molecular weight is 263 g/mol. The van der Waals surface area contributed by atoms with Gasteiger partial charge in [-0.15, -0.1) is 11.8 Å². The molecule has 0 fully saturated rings. The molecular weight excluding hydrogens is 246 g/mol. The van der Waals surface area contributed by atoms with E-state index in [-0.39, 0.29) is 0 Å². The number of aromatic nitrogens is 2. The van der Waals surface area contributed by atoms with Crippen LogP contribution >= 0.6 is 11.8 Å². The monoisotopic (exact) mass is 263 g/mol. The highest BCUT2D eigenvalue weighted by molar-refractivity contribution is 7.98. The Labute approximate surface area is 111 Å². The Morgan fingerprint density at radius 2 is 2.22 bits per heavy atom. The van der Waals surface area contributed by atoms with Crippen molar-refractivity contribution < 1.29 is 4.52 Å². The van der Waals surface area contributed by atoms with E-state index >= 15 is 0 Å². The van der Waals surface area contributed by atoms with Crippen LogP contribution in [0.15, 0.2) is 27.6 Å². The van der Waals surface area contributed by atoms with Crippen molar-refractivity contribution in [3.63, 3.8) is 0 Å². The van der Waals surface area contributed by atoms with Crippen LogP contribution in [0.1, 0.15) is 30.6 Å². The standard InChI is InChI=1S/C13H17N3OS/c1-3-4-12-15-13(17-16-12)8-18-10-5-6-11(14)9(2)7-10/h5-7H,3-4,8,14H2,1-2H3. The second-order valence-corrected chi connectivity index (χ2v) is 5.21. The predicted molar refractivity (Wildman–Crippen MR) is 73.4 cm³/mol. The van der Waals surface area contributed by atoms with Gasteiger partial charge in [0.05, 0.1) is 5.75 Å². The van der Waals surface area contributed by atoms with E-state index in [1.807, 2.05) is 19.1 Å². The van der Waals surface area contributed by atoms with Crippen LogP contribution in [-0.4, -0.2) is 10.1 Å². The summed E-state index contributed by atoms with van der Waals surface area (Å²) in [4.78, 5) is 5.50. The second-order valence-electron chi connectivity index (χ2n) is 4.16. The van der Waals surface area contributed by atoms with Gasteiger partial charge in [0.15, 0.2) is 5.82 Å². The van der Waals surface area contributed by atoms with Gasteiger partial charge in [-0.3, -0.25) is 0 Å². The van der Waals surface area contributed by atoms with E-state index in [4.69, 9.17) is 10.3 Å². The predicted octanol–water partition coefficient (Wildman–Crippen LogP) is 3.21. The summed E-state index contributed by atoms with van der Waals surface area (Å²) in [5, 5.41) is 3.93. The Balaban J connectivity index is 1.95. The molecule has 2 rings (SSSR count). The van der Waals surface area contributed by atoms with Gasteiger partial charge in [0, 0.05) is 17.0 Å². The number of nitrogens with zero attached hydrogens (tertiary/aromatic N) is 2. The minimum absolute atomic E-state index is 0.679. The molecule has 4 nitrogen and oxygen atoms in total. The van der Waals surface area contributed by atoms with Crippen LogP contribution in [-0.2, 0) is 12.2 Å². The van der Waals surface area contributed by atoms with Gasteiger partial charge in [-0.2, -0.15) is 4.98 Å². The number of thioether (sulfide) groups is 1. The van der Waals surface area contributed by atoms with Gasteiger partial charge in [0.25, 0.3) is 0 Å². The van der Waals surface area contributed by atoms with Crippen molar-refractivity contribution in [2.75, 3.05) is 5.73 Å². The summed E-state index contributed by atoms with van der Waals surface area (Å²) in [5.74, 6) is 2.17. The molecule has 0 saturated heterocycles. The summed E-state index contributed by atoms with van der Waals surface area (Å²) in [6.45, 7) is 4.10. The number of hydrogen-bond donors (Lipinski definition) is 1. The highest BCUT2D eigenvalue weighted by atomic mass is 32.2. The van der Waals surface area contributed by atoms with Crippen LogP contribution in [0.25, 0.3) is 0 Å². The van der Waals surface area contributed by atoms with E-state index in [0.29, 0.717) is 11.6 Å². The van der Waals surface area contributed by atoms with Crippen LogP contribution in [0.4, 0.5) is 5.69 Å². The van der Waals surface area contributed by atoms with Gasteiger partial charge in [-0.1, -0.05) is 12.1 Å². The molecule has 2 N–H and O–H groups in total. The van der Waals surface area contributed by atoms with Gasteiger partial charge in [-0.25, -0.2) is 0 Å². The lowest BCUT2D eigenvalue weighted by atomic mass is 10.2. The lowest BCUT2D eigenvalue weighted by molar-refractivity contribution is 0.384. The first-order valence-corrected chi connectivity index (χ1v) is 6.98. The van der Waals surface area contributed by atoms with E-state index in [0.717, 1.165) is 34.8 Å². The maximum atomic E-state index is 5.78. The van der Waals surface area contributed by atoms with E-state index in [1.54, 1.807) is 11.8 Å². The number of benzene rings is 1. The minimum atomic E-state index is 0.679. The molecule has 0 aliphatic heterocycles. The van der Waals surface area contributed by atoms with Crippen molar-refractivity contribution in [3.05, 3.63) is 35.5 Å². The number of rotatable bonds is 5. The molecule has 96 valence electrons. The molecule has 0 aliphatic rings. The zero-order chi connectivity index (χ0) is 13.0. The Hall–Kier alpha value is -1.49. The first kappa shape index (κ1) is 13.0. The highest BCUT2D eigenvalue weighted by Crippen LogP contribution is 2.25. The topological polar surface area (TPSA) is 64.9 Å². The van der Waals surface area contributed by atoms with Crippen LogP contribution < -0.4 is 5.73 Å². The van der Waals surface area contributed by atoms with Crippen molar-refractivity contribution in [1.82, 2.24) is 10.1 Å². The van der Waals surface area contributed by atoms with Crippen LogP contribution in [0, 0.1) is 6.92 Å². The van der Waals surface area contributed by atoms with E-state index in [1.165, 1.54) is 0 Å². The number of hydrogen-bond acceptors (Lipinski definition) is 5. The number of aryl methyl sites for hydroxylation is 2. The third-order valence-corrected chi connectivity index (χ3v) is 3.57. The van der Waals surface area contributed by atoms with Gasteiger partial charge in [-0.05, 0) is 37.1 Å². The Morgan fingerprint density at radius 3 is 2.94 bits per heavy atom. The van der Waals surface area contributed by atoms with Crippen molar-refractivity contribution >= 4 is 17.4 Å². The third kappa shape index (κ3) is 3.26. The summed E-state index contributed by atoms with van der Waals surface area (Å²) in [5.41, 5.74) is 7.70. The van der Waals surface area contributed by atoms with E-state index < -0.39 is 0 Å². The molecule has 2 aromatic rings. The van der Waals surface area contributed by atoms with Crippen molar-refractivity contribution in [3.8, 4) is 0 Å². The molecule has 0 aliphatic carbocycles. The summed E-state index contributed by atoms with van der Waals surface area (Å²) in [6, 6.07) is 6.01. The lowest BCUT2D eigenvalue weighted by Crippen LogP contribution is -1.89. The first-order valence-electron chi connectivity index (χ1n) is 5.99. The van der Waals surface area contributed by atoms with Gasteiger partial charge in [0.2, 0.25) is 5.89 Å². The van der Waals surface area contributed by atoms with E-state index in [9.17, 15) is 0 Å². The summed E-state index contributed by atoms with van der Waals surface area (Å²) in [6.07, 6.45) is 1.90. The SMILES string of the molecule is CCCc1noc(CSc2ccc(N)c(C)c2)n1. The average Bonchev–Trinajstić information content (AvgIpc) is 2.79. The largest absolute Gasteiger partial charge is 0.399 e. The molecule has 5 heteroatoms. The van der Waals surface area contributed by atoms with Crippen LogP contribution in [0.2, 0.25) is 0 Å². The number of nitrogen functional groups attached to an aromatic ring is 1. The molecule has 0 amide bonds. The Morgan fingerprint density at radius 1 is 1.39 bits per heavy atom. The molecule has 18 heavy (non-hydrogen) atoms. The second kappa shape index (κ2) is 5.91. The van der Waals surface area contributed by atoms with Crippen LogP contribution in [0.5, 0.6) is 0 Å². The highest BCUT2D eigenvalue weighted by Gasteiger charge is 2.06. The molecule has 1 aromatic heterocycles. The smallest absolute Gasteiger partial charge is 0.237 e. The molecule has 0 saturated carbocycles. The molecule has 0 bridgehead atoms. The lowest BCUT2D eigenvalue weighted by Gasteiger charge is -2.02. The molecule has 0 atom stereocenters. The fourth-order valence-corrected chi connectivity index (χ4v) is 2.39. The molecule has 0 spiro atoms. The molecule has 0 unspecified atom stereocenters. The molecule has 1 aromatic carbocycles. The quantitative estimate of drug-likeness (QED) is 0.663. The maximum Gasteiger partial charge on any atom is 0.237 e. The third-order valence-electron chi connectivity index (χ3n) is 2.59. The van der Waals surface area contributed by atoms with Crippen molar-refractivity contribution in [2.24, 2.45) is 0 Å². The summed E-state index contributed by atoms with van der Waals surface area (Å²) in [7, 11) is 0. The Bertz CT molecular complexity index is 525. The molecule has 0 radical (unpaired) electrons. The van der Waals surface area contributed by atoms with E-state index in [2.05, 4.69) is 23.1 Å². The number of nitrogens with two attached hydrogens (primary N) is 1. The fourth-order valence-electron chi connectivity index (χ4n) is 1.56. The van der Waals surface area contributed by atoms with Crippen molar-refractivity contribution in [1.29, 1.82) is 0 Å². The van der Waals surface area contributed by atoms with Gasteiger partial charge < -0.3 is 10.3 Å². The zero-order valence-corrected chi connectivity index (χ0v) is 11.5. The fraction of sp³-hybridized carbons (Fsp3) is 0.385. The number of anilines is 1. The van der Waals surface area contributed by atoms with Crippen LogP contribution in [0.3, 0.4) is 0 Å².